The van der Waals surface area contributed by atoms with Gasteiger partial charge in [0.15, 0.2) is 11.5 Å². The van der Waals surface area contributed by atoms with E-state index in [4.69, 9.17) is 9.47 Å². The molecule has 0 radical (unpaired) electrons. The van der Waals surface area contributed by atoms with E-state index >= 15 is 0 Å². The molecule has 1 amide bonds. The van der Waals surface area contributed by atoms with Crippen LogP contribution in [0.2, 0.25) is 0 Å². The number of benzene rings is 2. The van der Waals surface area contributed by atoms with E-state index in [1.807, 2.05) is 54.6 Å². The first-order chi connectivity index (χ1) is 12.8. The molecule has 26 heavy (non-hydrogen) atoms. The van der Waals surface area contributed by atoms with Crippen LogP contribution in [0.3, 0.4) is 0 Å². The van der Waals surface area contributed by atoms with Crippen molar-refractivity contribution in [1.82, 2.24) is 25.5 Å². The van der Waals surface area contributed by atoms with Crippen LogP contribution in [0.5, 0.6) is 11.5 Å². The van der Waals surface area contributed by atoms with Crippen molar-refractivity contribution in [2.45, 2.75) is 12.6 Å². The molecule has 1 unspecified atom stereocenters. The summed E-state index contributed by atoms with van der Waals surface area (Å²) in [6.07, 6.45) is -0.238. The Bertz CT molecular complexity index is 897. The van der Waals surface area contributed by atoms with Crippen molar-refractivity contribution in [3.05, 3.63) is 54.6 Å². The number of ether oxygens (including phenoxy) is 2. The van der Waals surface area contributed by atoms with Crippen molar-refractivity contribution in [2.75, 3.05) is 13.2 Å². The molecule has 8 nitrogen and oxygen atoms in total. The largest absolute Gasteiger partial charge is 0.486 e. The van der Waals surface area contributed by atoms with Crippen LogP contribution >= 0.6 is 0 Å². The maximum Gasteiger partial charge on any atom is 0.243 e. The standard InChI is InChI=1S/C18H17N5O3/c24-17(11-23-21-18(20-22-23)13-6-2-1-3-7-13)19-10-14-12-25-15-8-4-5-9-16(15)26-14/h1-9,14H,10-12H2,(H,19,24). The van der Waals surface area contributed by atoms with Crippen LogP contribution in [0.1, 0.15) is 0 Å². The van der Waals surface area contributed by atoms with Crippen LogP contribution in [-0.4, -0.2) is 45.4 Å². The number of tetrazole rings is 1. The first kappa shape index (κ1) is 16.1. The van der Waals surface area contributed by atoms with Gasteiger partial charge >= 0.3 is 0 Å². The maximum absolute atomic E-state index is 12.1. The van der Waals surface area contributed by atoms with Gasteiger partial charge in [0.1, 0.15) is 19.3 Å². The Hall–Kier alpha value is -3.42. The van der Waals surface area contributed by atoms with E-state index in [0.717, 1.165) is 11.3 Å². The molecule has 2 heterocycles. The summed E-state index contributed by atoms with van der Waals surface area (Å²) in [6, 6.07) is 16.9. The van der Waals surface area contributed by atoms with Crippen molar-refractivity contribution in [1.29, 1.82) is 0 Å². The summed E-state index contributed by atoms with van der Waals surface area (Å²) in [7, 11) is 0. The third-order valence-electron chi connectivity index (χ3n) is 3.86. The lowest BCUT2D eigenvalue weighted by Crippen LogP contribution is -2.41. The van der Waals surface area contributed by atoms with E-state index in [1.165, 1.54) is 4.80 Å². The van der Waals surface area contributed by atoms with Crippen LogP contribution in [0.25, 0.3) is 11.4 Å². The number of hydrogen-bond acceptors (Lipinski definition) is 6. The lowest BCUT2D eigenvalue weighted by atomic mass is 10.2. The normalized spacial score (nSPS) is 15.5. The smallest absolute Gasteiger partial charge is 0.243 e. The zero-order valence-electron chi connectivity index (χ0n) is 13.9. The van der Waals surface area contributed by atoms with Crippen molar-refractivity contribution in [2.24, 2.45) is 0 Å². The minimum atomic E-state index is -0.238. The van der Waals surface area contributed by atoms with Crippen molar-refractivity contribution >= 4 is 5.91 Å². The Morgan fingerprint density at radius 3 is 2.73 bits per heavy atom. The Morgan fingerprint density at radius 1 is 1.12 bits per heavy atom. The molecule has 0 saturated heterocycles. The molecule has 1 aromatic heterocycles. The van der Waals surface area contributed by atoms with Gasteiger partial charge in [-0.25, -0.2) is 0 Å². The SMILES string of the molecule is O=C(Cn1nnc(-c2ccccc2)n1)NCC1COc2ccccc2O1. The molecule has 1 atom stereocenters. The number of aromatic nitrogens is 4. The maximum atomic E-state index is 12.1. The molecule has 0 saturated carbocycles. The van der Waals surface area contributed by atoms with Crippen molar-refractivity contribution in [3.8, 4) is 22.9 Å². The average molecular weight is 351 g/mol. The van der Waals surface area contributed by atoms with E-state index in [2.05, 4.69) is 20.7 Å². The quantitative estimate of drug-likeness (QED) is 0.745. The fraction of sp³-hybridized carbons (Fsp3) is 0.222. The number of carbonyl (C=O) groups excluding carboxylic acids is 1. The molecule has 132 valence electrons. The number of para-hydroxylation sites is 2. The first-order valence-electron chi connectivity index (χ1n) is 8.26. The van der Waals surface area contributed by atoms with E-state index in [1.54, 1.807) is 0 Å². The Labute approximate surface area is 149 Å². The van der Waals surface area contributed by atoms with Crippen LogP contribution in [0.4, 0.5) is 0 Å². The molecule has 0 fully saturated rings. The molecule has 2 aromatic carbocycles. The van der Waals surface area contributed by atoms with Gasteiger partial charge in [-0.15, -0.1) is 10.2 Å². The van der Waals surface area contributed by atoms with Gasteiger partial charge in [-0.3, -0.25) is 4.79 Å². The van der Waals surface area contributed by atoms with Crippen LogP contribution < -0.4 is 14.8 Å². The summed E-state index contributed by atoms with van der Waals surface area (Å²) in [6.45, 7) is 0.717. The topological polar surface area (TPSA) is 91.2 Å². The summed E-state index contributed by atoms with van der Waals surface area (Å²) in [5.74, 6) is 1.67. The molecule has 1 aliphatic rings. The van der Waals surface area contributed by atoms with Gasteiger partial charge in [0, 0.05) is 5.56 Å². The van der Waals surface area contributed by atoms with Gasteiger partial charge in [-0.05, 0) is 17.3 Å². The van der Waals surface area contributed by atoms with Gasteiger partial charge in [-0.2, -0.15) is 4.80 Å². The van der Waals surface area contributed by atoms with Crippen LogP contribution in [-0.2, 0) is 11.3 Å². The minimum absolute atomic E-state index is 0.00992. The average Bonchev–Trinajstić information content (AvgIpc) is 3.15. The van der Waals surface area contributed by atoms with Crippen molar-refractivity contribution in [3.63, 3.8) is 0 Å². The van der Waals surface area contributed by atoms with Crippen LogP contribution in [0.15, 0.2) is 54.6 Å². The number of hydrogen-bond donors (Lipinski definition) is 1. The van der Waals surface area contributed by atoms with E-state index < -0.39 is 0 Å². The summed E-state index contributed by atoms with van der Waals surface area (Å²) in [5.41, 5.74) is 0.852. The lowest BCUT2D eigenvalue weighted by molar-refractivity contribution is -0.122. The first-order valence-corrected chi connectivity index (χ1v) is 8.26. The Balaban J connectivity index is 1.29. The fourth-order valence-electron chi connectivity index (χ4n) is 2.59. The van der Waals surface area contributed by atoms with E-state index in [-0.39, 0.29) is 18.6 Å². The molecule has 4 rings (SSSR count). The highest BCUT2D eigenvalue weighted by Crippen LogP contribution is 2.30. The highest BCUT2D eigenvalue weighted by molar-refractivity contribution is 5.75. The molecule has 0 aliphatic carbocycles. The molecule has 0 bridgehead atoms. The van der Waals surface area contributed by atoms with Gasteiger partial charge < -0.3 is 14.8 Å². The zero-order chi connectivity index (χ0) is 17.8. The predicted octanol–water partition coefficient (Wildman–Crippen LogP) is 1.30. The van der Waals surface area contributed by atoms with Crippen LogP contribution in [0, 0.1) is 0 Å². The number of carbonyl (C=O) groups is 1. The molecule has 3 aromatic rings. The number of rotatable bonds is 5. The monoisotopic (exact) mass is 351 g/mol. The minimum Gasteiger partial charge on any atom is -0.486 e. The third-order valence-corrected chi connectivity index (χ3v) is 3.86. The second-order valence-corrected chi connectivity index (χ2v) is 5.81. The van der Waals surface area contributed by atoms with Gasteiger partial charge in [0.25, 0.3) is 0 Å². The van der Waals surface area contributed by atoms with E-state index in [0.29, 0.717) is 24.7 Å². The molecule has 8 heteroatoms. The van der Waals surface area contributed by atoms with Crippen molar-refractivity contribution < 1.29 is 14.3 Å². The Morgan fingerprint density at radius 2 is 1.88 bits per heavy atom. The summed E-state index contributed by atoms with van der Waals surface area (Å²) < 4.78 is 11.4. The lowest BCUT2D eigenvalue weighted by Gasteiger charge is -2.26. The summed E-state index contributed by atoms with van der Waals surface area (Å²) >= 11 is 0. The molecule has 1 N–H and O–H groups in total. The number of fused-ring (bicyclic) bond motifs is 1. The molecular formula is C18H17N5O3. The Kier molecular flexibility index (Phi) is 4.46. The molecule has 0 spiro atoms. The summed E-state index contributed by atoms with van der Waals surface area (Å²) in [5, 5.41) is 14.9. The predicted molar refractivity (Wildman–Crippen MR) is 92.6 cm³/mol. The second kappa shape index (κ2) is 7.22. The zero-order valence-corrected chi connectivity index (χ0v) is 13.9. The molecular weight excluding hydrogens is 334 g/mol. The third kappa shape index (κ3) is 3.64. The number of nitrogens with one attached hydrogen (secondary N) is 1. The highest BCUT2D eigenvalue weighted by Gasteiger charge is 2.21. The highest BCUT2D eigenvalue weighted by atomic mass is 16.6. The summed E-state index contributed by atoms with van der Waals surface area (Å²) in [4.78, 5) is 13.4. The molecule has 1 aliphatic heterocycles. The number of amides is 1. The van der Waals surface area contributed by atoms with E-state index in [9.17, 15) is 4.79 Å². The second-order valence-electron chi connectivity index (χ2n) is 5.81. The fourth-order valence-corrected chi connectivity index (χ4v) is 2.59. The van der Waals surface area contributed by atoms with Gasteiger partial charge in [0.2, 0.25) is 11.7 Å². The van der Waals surface area contributed by atoms with Gasteiger partial charge in [0.05, 0.1) is 6.54 Å². The number of nitrogens with zero attached hydrogens (tertiary/aromatic N) is 4. The van der Waals surface area contributed by atoms with Gasteiger partial charge in [-0.1, -0.05) is 42.5 Å².